The molecule has 120 valence electrons. The normalized spacial score (nSPS) is 17.0. The van der Waals surface area contributed by atoms with Crippen LogP contribution < -0.4 is 16.4 Å². The van der Waals surface area contributed by atoms with E-state index >= 15 is 0 Å². The molecule has 8 nitrogen and oxygen atoms in total. The number of primary amides is 1. The zero-order chi connectivity index (χ0) is 15.7. The van der Waals surface area contributed by atoms with E-state index < -0.39 is 23.4 Å². The van der Waals surface area contributed by atoms with Crippen molar-refractivity contribution in [2.45, 2.75) is 44.1 Å². The van der Waals surface area contributed by atoms with Crippen molar-refractivity contribution in [2.75, 3.05) is 19.8 Å². The molecule has 5 N–H and O–H groups in total. The van der Waals surface area contributed by atoms with Gasteiger partial charge in [-0.3, -0.25) is 9.59 Å². The van der Waals surface area contributed by atoms with Gasteiger partial charge < -0.3 is 26.2 Å². The molecule has 1 rings (SSSR count). The van der Waals surface area contributed by atoms with Crippen molar-refractivity contribution in [2.24, 2.45) is 5.73 Å². The second-order valence-corrected chi connectivity index (χ2v) is 5.31. The first-order valence-electron chi connectivity index (χ1n) is 7.07. The number of rotatable bonds is 8. The molecule has 0 aromatic carbocycles. The molecule has 0 aliphatic heterocycles. The number of nitrogens with one attached hydrogen (secondary N) is 2. The lowest BCUT2D eigenvalue weighted by Gasteiger charge is -2.36. The van der Waals surface area contributed by atoms with Crippen LogP contribution in [-0.4, -0.2) is 48.3 Å². The number of carbonyl (C=O) groups excluding carboxylic acids is 2. The van der Waals surface area contributed by atoms with Gasteiger partial charge in [-0.05, 0) is 12.8 Å². The van der Waals surface area contributed by atoms with Gasteiger partial charge >= 0.3 is 12.0 Å². The average Bonchev–Trinajstić information content (AvgIpc) is 2.37. The maximum atomic E-state index is 11.8. The summed E-state index contributed by atoms with van der Waals surface area (Å²) in [5.74, 6) is -1.48. The van der Waals surface area contributed by atoms with Crippen LogP contribution in [0.4, 0.5) is 4.79 Å². The number of urea groups is 1. The Labute approximate surface area is 123 Å². The number of carboxylic acids is 1. The molecular formula is C13H23N3O5. The zero-order valence-corrected chi connectivity index (χ0v) is 12.0. The molecule has 21 heavy (non-hydrogen) atoms. The van der Waals surface area contributed by atoms with E-state index in [1.165, 1.54) is 0 Å². The fraction of sp³-hybridized carbons (Fsp3) is 0.769. The minimum absolute atomic E-state index is 0.0708. The van der Waals surface area contributed by atoms with E-state index in [9.17, 15) is 14.4 Å². The summed E-state index contributed by atoms with van der Waals surface area (Å²) < 4.78 is 4.91. The Morgan fingerprint density at radius 2 is 1.86 bits per heavy atom. The van der Waals surface area contributed by atoms with Crippen LogP contribution >= 0.6 is 0 Å². The monoisotopic (exact) mass is 301 g/mol. The van der Waals surface area contributed by atoms with Crippen LogP contribution in [0.5, 0.6) is 0 Å². The fourth-order valence-corrected chi connectivity index (χ4v) is 2.56. The topological polar surface area (TPSA) is 131 Å². The van der Waals surface area contributed by atoms with Crippen LogP contribution in [0.25, 0.3) is 0 Å². The van der Waals surface area contributed by atoms with Gasteiger partial charge in [0, 0.05) is 6.54 Å². The number of hydrogen-bond donors (Lipinski definition) is 4. The highest BCUT2D eigenvalue weighted by atomic mass is 16.5. The summed E-state index contributed by atoms with van der Waals surface area (Å²) in [5, 5.41) is 14.4. The van der Waals surface area contributed by atoms with Gasteiger partial charge in [0.2, 0.25) is 5.91 Å². The van der Waals surface area contributed by atoms with Crippen molar-refractivity contribution in [1.29, 1.82) is 0 Å². The SMILES string of the molecule is NC(=O)COCCNC(=O)NC1(CC(=O)O)CCCCC1. The molecule has 8 heteroatoms. The van der Waals surface area contributed by atoms with E-state index in [-0.39, 0.29) is 26.2 Å². The summed E-state index contributed by atoms with van der Waals surface area (Å²) in [5.41, 5.74) is 4.24. The second kappa shape index (κ2) is 8.46. The molecule has 0 radical (unpaired) electrons. The molecule has 0 spiro atoms. The molecule has 3 amide bonds. The summed E-state index contributed by atoms with van der Waals surface area (Å²) >= 11 is 0. The van der Waals surface area contributed by atoms with Crippen molar-refractivity contribution < 1.29 is 24.2 Å². The van der Waals surface area contributed by atoms with E-state index in [4.69, 9.17) is 15.6 Å². The predicted octanol–water partition coefficient (Wildman–Crippen LogP) is -0.0349. The third-order valence-electron chi connectivity index (χ3n) is 3.46. The summed E-state index contributed by atoms with van der Waals surface area (Å²) in [4.78, 5) is 33.3. The lowest BCUT2D eigenvalue weighted by Crippen LogP contribution is -2.54. The molecule has 1 aliphatic rings. The van der Waals surface area contributed by atoms with Crippen LogP contribution in [0.1, 0.15) is 38.5 Å². The highest BCUT2D eigenvalue weighted by Gasteiger charge is 2.35. The highest BCUT2D eigenvalue weighted by molar-refractivity contribution is 5.77. The lowest BCUT2D eigenvalue weighted by atomic mass is 9.79. The second-order valence-electron chi connectivity index (χ2n) is 5.31. The summed E-state index contributed by atoms with van der Waals surface area (Å²) in [6.45, 7) is 0.205. The molecule has 0 saturated heterocycles. The van der Waals surface area contributed by atoms with Gasteiger partial charge in [-0.25, -0.2) is 4.79 Å². The van der Waals surface area contributed by atoms with E-state index in [1.807, 2.05) is 0 Å². The number of ether oxygens (including phenoxy) is 1. The number of nitrogens with two attached hydrogens (primary N) is 1. The largest absolute Gasteiger partial charge is 0.481 e. The van der Waals surface area contributed by atoms with Gasteiger partial charge in [-0.2, -0.15) is 0 Å². The Bertz CT molecular complexity index is 380. The van der Waals surface area contributed by atoms with Crippen molar-refractivity contribution in [3.05, 3.63) is 0 Å². The summed E-state index contributed by atoms with van der Waals surface area (Å²) in [6, 6.07) is -0.416. The Hall–Kier alpha value is -1.83. The highest BCUT2D eigenvalue weighted by Crippen LogP contribution is 2.31. The Balaban J connectivity index is 2.34. The Morgan fingerprint density at radius 3 is 2.43 bits per heavy atom. The third kappa shape index (κ3) is 6.94. The molecule has 0 heterocycles. The molecule has 0 bridgehead atoms. The van der Waals surface area contributed by atoms with Crippen molar-refractivity contribution in [3.63, 3.8) is 0 Å². The minimum atomic E-state index is -0.915. The van der Waals surface area contributed by atoms with Crippen molar-refractivity contribution >= 4 is 17.9 Å². The fourth-order valence-electron chi connectivity index (χ4n) is 2.56. The van der Waals surface area contributed by atoms with Crippen LogP contribution in [0.3, 0.4) is 0 Å². The third-order valence-corrected chi connectivity index (χ3v) is 3.46. The van der Waals surface area contributed by atoms with Crippen LogP contribution in [0.15, 0.2) is 0 Å². The van der Waals surface area contributed by atoms with Gasteiger partial charge in [0.05, 0.1) is 18.6 Å². The maximum absolute atomic E-state index is 11.8. The molecular weight excluding hydrogens is 278 g/mol. The van der Waals surface area contributed by atoms with E-state index in [0.29, 0.717) is 12.8 Å². The first-order chi connectivity index (χ1) is 9.93. The predicted molar refractivity (Wildman–Crippen MR) is 74.6 cm³/mol. The molecule has 1 aliphatic carbocycles. The number of hydrogen-bond acceptors (Lipinski definition) is 4. The van der Waals surface area contributed by atoms with E-state index in [0.717, 1.165) is 19.3 Å². The molecule has 1 saturated carbocycles. The van der Waals surface area contributed by atoms with Gasteiger partial charge in [0.1, 0.15) is 6.61 Å². The van der Waals surface area contributed by atoms with Crippen LogP contribution in [0, 0.1) is 0 Å². The summed E-state index contributed by atoms with van der Waals surface area (Å²) in [6.07, 6.45) is 4.16. The van der Waals surface area contributed by atoms with Crippen LogP contribution in [-0.2, 0) is 14.3 Å². The number of aliphatic carboxylic acids is 1. The molecule has 1 fully saturated rings. The Morgan fingerprint density at radius 1 is 1.19 bits per heavy atom. The molecule has 0 aromatic rings. The number of carboxylic acid groups (broad SMARTS) is 1. The number of amides is 3. The summed E-state index contributed by atoms with van der Waals surface area (Å²) in [7, 11) is 0. The minimum Gasteiger partial charge on any atom is -0.481 e. The molecule has 0 aromatic heterocycles. The average molecular weight is 301 g/mol. The maximum Gasteiger partial charge on any atom is 0.315 e. The quantitative estimate of drug-likeness (QED) is 0.467. The van der Waals surface area contributed by atoms with Crippen LogP contribution in [0.2, 0.25) is 0 Å². The molecule has 0 atom stereocenters. The van der Waals surface area contributed by atoms with Gasteiger partial charge in [0.25, 0.3) is 0 Å². The standard InChI is InChI=1S/C13H23N3O5/c14-10(17)9-21-7-6-15-12(20)16-13(8-11(18)19)4-2-1-3-5-13/h1-9H2,(H2,14,17)(H,18,19)(H2,15,16,20). The lowest BCUT2D eigenvalue weighted by molar-refractivity contribution is -0.139. The van der Waals surface area contributed by atoms with E-state index in [1.54, 1.807) is 0 Å². The van der Waals surface area contributed by atoms with E-state index in [2.05, 4.69) is 10.6 Å². The first kappa shape index (κ1) is 17.2. The van der Waals surface area contributed by atoms with Gasteiger partial charge in [-0.15, -0.1) is 0 Å². The Kier molecular flexibility index (Phi) is 6.93. The first-order valence-corrected chi connectivity index (χ1v) is 7.07. The smallest absolute Gasteiger partial charge is 0.315 e. The van der Waals surface area contributed by atoms with Gasteiger partial charge in [-0.1, -0.05) is 19.3 Å². The number of carbonyl (C=O) groups is 3. The van der Waals surface area contributed by atoms with Crippen molar-refractivity contribution in [1.82, 2.24) is 10.6 Å². The molecule has 0 unspecified atom stereocenters. The van der Waals surface area contributed by atoms with Gasteiger partial charge in [0.15, 0.2) is 0 Å². The van der Waals surface area contributed by atoms with Crippen molar-refractivity contribution in [3.8, 4) is 0 Å². The zero-order valence-electron chi connectivity index (χ0n) is 12.0.